The van der Waals surface area contributed by atoms with Crippen LogP contribution in [-0.2, 0) is 10.0 Å². The first-order valence-electron chi connectivity index (χ1n) is 5.41. The summed E-state index contributed by atoms with van der Waals surface area (Å²) >= 11 is 5.83. The lowest BCUT2D eigenvalue weighted by atomic mass is 10.2. The molecule has 0 bridgehead atoms. The zero-order valence-electron chi connectivity index (χ0n) is 9.97. The predicted octanol–water partition coefficient (Wildman–Crippen LogP) is 3.15. The number of hydrogen-bond donors (Lipinski definition) is 1. The highest BCUT2D eigenvalue weighted by atomic mass is 35.5. The maximum Gasteiger partial charge on any atom is 0.263 e. The maximum atomic E-state index is 13.5. The van der Waals surface area contributed by atoms with E-state index in [1.807, 2.05) is 6.07 Å². The fourth-order valence-electron chi connectivity index (χ4n) is 1.53. The van der Waals surface area contributed by atoms with Gasteiger partial charge in [0.15, 0.2) is 0 Å². The van der Waals surface area contributed by atoms with Crippen LogP contribution in [0, 0.1) is 17.1 Å². The molecule has 0 aliphatic heterocycles. The van der Waals surface area contributed by atoms with E-state index in [0.717, 1.165) is 6.07 Å². The zero-order valence-corrected chi connectivity index (χ0v) is 11.5. The third-order valence-corrected chi connectivity index (χ3v) is 4.32. The number of benzene rings is 2. The highest BCUT2D eigenvalue weighted by Gasteiger charge is 2.19. The van der Waals surface area contributed by atoms with Crippen molar-refractivity contribution < 1.29 is 12.8 Å². The van der Waals surface area contributed by atoms with Gasteiger partial charge in [-0.05, 0) is 30.3 Å². The number of halogens is 2. The van der Waals surface area contributed by atoms with Gasteiger partial charge in [-0.3, -0.25) is 4.72 Å². The van der Waals surface area contributed by atoms with Crippen LogP contribution in [0.4, 0.5) is 10.1 Å². The first-order valence-corrected chi connectivity index (χ1v) is 7.27. The zero-order chi connectivity index (χ0) is 14.8. The van der Waals surface area contributed by atoms with Crippen molar-refractivity contribution in [3.63, 3.8) is 0 Å². The third-order valence-electron chi connectivity index (χ3n) is 2.47. The van der Waals surface area contributed by atoms with Crippen LogP contribution in [0.2, 0.25) is 5.02 Å². The minimum absolute atomic E-state index is 0.104. The number of sulfonamides is 1. The number of nitriles is 1. The minimum atomic E-state index is -4.02. The van der Waals surface area contributed by atoms with E-state index in [1.54, 1.807) is 0 Å². The van der Waals surface area contributed by atoms with Gasteiger partial charge in [0.25, 0.3) is 10.0 Å². The molecule has 0 atom stereocenters. The maximum absolute atomic E-state index is 13.5. The van der Waals surface area contributed by atoms with E-state index in [1.165, 1.54) is 36.4 Å². The normalized spacial score (nSPS) is 10.8. The van der Waals surface area contributed by atoms with Crippen molar-refractivity contribution >= 4 is 27.3 Å². The Morgan fingerprint density at radius 1 is 1.20 bits per heavy atom. The van der Waals surface area contributed by atoms with Crippen molar-refractivity contribution in [2.45, 2.75) is 4.90 Å². The smallest absolute Gasteiger partial charge is 0.263 e. The highest BCUT2D eigenvalue weighted by molar-refractivity contribution is 7.92. The van der Waals surface area contributed by atoms with E-state index in [4.69, 9.17) is 16.9 Å². The summed E-state index contributed by atoms with van der Waals surface area (Å²) in [5.41, 5.74) is 0.0627. The van der Waals surface area contributed by atoms with Gasteiger partial charge in [0.2, 0.25) is 0 Å². The number of rotatable bonds is 3. The van der Waals surface area contributed by atoms with E-state index in [2.05, 4.69) is 4.72 Å². The van der Waals surface area contributed by atoms with Crippen molar-refractivity contribution in [3.05, 3.63) is 58.9 Å². The van der Waals surface area contributed by atoms with Crippen LogP contribution < -0.4 is 4.72 Å². The summed E-state index contributed by atoms with van der Waals surface area (Å²) in [6.45, 7) is 0. The molecule has 0 spiro atoms. The Morgan fingerprint density at radius 3 is 2.50 bits per heavy atom. The van der Waals surface area contributed by atoms with Gasteiger partial charge in [0.1, 0.15) is 10.7 Å². The quantitative estimate of drug-likeness (QED) is 0.946. The second kappa shape index (κ2) is 5.49. The second-order valence-corrected chi connectivity index (χ2v) is 5.90. The van der Waals surface area contributed by atoms with E-state index in [9.17, 15) is 12.8 Å². The summed E-state index contributed by atoms with van der Waals surface area (Å²) < 4.78 is 39.8. The molecule has 0 saturated heterocycles. The van der Waals surface area contributed by atoms with Crippen LogP contribution in [-0.4, -0.2) is 8.42 Å². The largest absolute Gasteiger partial charge is 0.277 e. The van der Waals surface area contributed by atoms with Gasteiger partial charge in [-0.1, -0.05) is 23.7 Å². The Morgan fingerprint density at radius 2 is 1.90 bits per heavy atom. The molecule has 1 N–H and O–H groups in total. The lowest BCUT2D eigenvalue weighted by Gasteiger charge is -2.10. The Hall–Kier alpha value is -2.10. The van der Waals surface area contributed by atoms with Gasteiger partial charge in [0.05, 0.1) is 22.3 Å². The Labute approximate surface area is 120 Å². The molecule has 2 aromatic carbocycles. The fourth-order valence-corrected chi connectivity index (χ4v) is 3.15. The van der Waals surface area contributed by atoms with Crippen molar-refractivity contribution in [2.24, 2.45) is 0 Å². The molecule has 0 fully saturated rings. The predicted molar refractivity (Wildman–Crippen MR) is 73.4 cm³/mol. The molecule has 7 heteroatoms. The molecular formula is C13H8ClFN2O2S. The van der Waals surface area contributed by atoms with Gasteiger partial charge < -0.3 is 0 Å². The van der Waals surface area contributed by atoms with Crippen LogP contribution in [0.3, 0.4) is 0 Å². The van der Waals surface area contributed by atoms with Crippen LogP contribution in [0.5, 0.6) is 0 Å². The van der Waals surface area contributed by atoms with Crippen molar-refractivity contribution in [2.75, 3.05) is 4.72 Å². The lowest BCUT2D eigenvalue weighted by molar-refractivity contribution is 0.598. The average Bonchev–Trinajstić information content (AvgIpc) is 2.40. The van der Waals surface area contributed by atoms with Gasteiger partial charge in [-0.25, -0.2) is 12.8 Å². The number of hydrogen-bond acceptors (Lipinski definition) is 3. The first kappa shape index (κ1) is 14.3. The molecule has 0 aromatic heterocycles. The van der Waals surface area contributed by atoms with E-state index in [-0.39, 0.29) is 21.2 Å². The summed E-state index contributed by atoms with van der Waals surface area (Å²) in [4.78, 5) is -0.221. The molecule has 0 heterocycles. The van der Waals surface area contributed by atoms with Gasteiger partial charge >= 0.3 is 0 Å². The third kappa shape index (κ3) is 2.90. The molecule has 2 aromatic rings. The molecule has 0 saturated carbocycles. The summed E-state index contributed by atoms with van der Waals surface area (Å²) in [5.74, 6) is -0.694. The van der Waals surface area contributed by atoms with E-state index < -0.39 is 15.8 Å². The van der Waals surface area contributed by atoms with Crippen LogP contribution in [0.25, 0.3) is 0 Å². The molecule has 0 unspecified atom stereocenters. The van der Waals surface area contributed by atoms with Crippen LogP contribution in [0.15, 0.2) is 47.4 Å². The molecule has 0 amide bonds. The summed E-state index contributed by atoms with van der Waals surface area (Å²) in [6, 6.07) is 11.0. The van der Waals surface area contributed by atoms with Crippen LogP contribution in [0.1, 0.15) is 5.56 Å². The average molecular weight is 311 g/mol. The molecule has 102 valence electrons. The topological polar surface area (TPSA) is 70.0 Å². The summed E-state index contributed by atoms with van der Waals surface area (Å²) in [5, 5.41) is 8.60. The molecule has 0 radical (unpaired) electrons. The number of para-hydroxylation sites is 1. The molecule has 0 aliphatic rings. The molecular weight excluding hydrogens is 303 g/mol. The molecule has 20 heavy (non-hydrogen) atoms. The molecule has 4 nitrogen and oxygen atoms in total. The minimum Gasteiger partial charge on any atom is -0.277 e. The second-order valence-electron chi connectivity index (χ2n) is 3.84. The number of nitrogens with zero attached hydrogens (tertiary/aromatic N) is 1. The Kier molecular flexibility index (Phi) is 3.93. The van der Waals surface area contributed by atoms with Crippen LogP contribution >= 0.6 is 11.6 Å². The Balaban J connectivity index is 2.42. The van der Waals surface area contributed by atoms with Crippen molar-refractivity contribution in [1.82, 2.24) is 0 Å². The summed E-state index contributed by atoms with van der Waals surface area (Å²) in [6.07, 6.45) is 0. The molecule has 0 aliphatic carbocycles. The van der Waals surface area contributed by atoms with E-state index >= 15 is 0 Å². The SMILES string of the molecule is N#Cc1ccc(S(=O)(=O)Nc2ccccc2F)c(Cl)c1. The fraction of sp³-hybridized carbons (Fsp3) is 0. The van der Waals surface area contributed by atoms with Gasteiger partial charge in [0, 0.05) is 0 Å². The van der Waals surface area contributed by atoms with Gasteiger partial charge in [-0.15, -0.1) is 0 Å². The lowest BCUT2D eigenvalue weighted by Crippen LogP contribution is -2.14. The highest BCUT2D eigenvalue weighted by Crippen LogP contribution is 2.25. The number of nitrogens with one attached hydrogen (secondary N) is 1. The van der Waals surface area contributed by atoms with Crippen molar-refractivity contribution in [3.8, 4) is 6.07 Å². The van der Waals surface area contributed by atoms with Crippen molar-refractivity contribution in [1.29, 1.82) is 5.26 Å². The Bertz CT molecular complexity index is 800. The molecule has 2 rings (SSSR count). The standard InChI is InChI=1S/C13H8ClFN2O2S/c14-10-7-9(8-16)5-6-13(10)20(18,19)17-12-4-2-1-3-11(12)15/h1-7,17H. The summed E-state index contributed by atoms with van der Waals surface area (Å²) in [7, 11) is -4.02. The monoisotopic (exact) mass is 310 g/mol. The van der Waals surface area contributed by atoms with Gasteiger partial charge in [-0.2, -0.15) is 5.26 Å². The van der Waals surface area contributed by atoms with E-state index in [0.29, 0.717) is 0 Å². The number of anilines is 1. The first-order chi connectivity index (χ1) is 9.44.